The van der Waals surface area contributed by atoms with Gasteiger partial charge in [0, 0.05) is 11.3 Å². The van der Waals surface area contributed by atoms with E-state index in [2.05, 4.69) is 10.3 Å². The van der Waals surface area contributed by atoms with Crippen molar-refractivity contribution < 1.29 is 4.79 Å². The first-order valence-corrected chi connectivity index (χ1v) is 6.12. The highest BCUT2D eigenvalue weighted by Gasteiger charge is 2.47. The number of H-pyrrole nitrogens is 1. The number of rotatable bonds is 0. The predicted molar refractivity (Wildman–Crippen MR) is 64.1 cm³/mol. The minimum atomic E-state index is -0.288. The molecule has 0 saturated heterocycles. The van der Waals surface area contributed by atoms with Gasteiger partial charge in [-0.1, -0.05) is 12.8 Å². The number of hydrogen-bond donors (Lipinski definition) is 2. The lowest BCUT2D eigenvalue weighted by Gasteiger charge is -2.24. The van der Waals surface area contributed by atoms with Crippen LogP contribution >= 0.6 is 0 Å². The largest absolute Gasteiger partial charge is 0.359 e. The summed E-state index contributed by atoms with van der Waals surface area (Å²) in [6.45, 7) is 3.66. The van der Waals surface area contributed by atoms with Crippen LogP contribution in [0, 0.1) is 13.8 Å². The van der Waals surface area contributed by atoms with E-state index in [4.69, 9.17) is 0 Å². The van der Waals surface area contributed by atoms with Gasteiger partial charge in [-0.25, -0.2) is 0 Å². The molecule has 2 heterocycles. The van der Waals surface area contributed by atoms with Crippen LogP contribution < -0.4 is 10.7 Å². The van der Waals surface area contributed by atoms with E-state index in [0.29, 0.717) is 11.1 Å². The quantitative estimate of drug-likeness (QED) is 0.712. The van der Waals surface area contributed by atoms with Gasteiger partial charge in [-0.2, -0.15) is 0 Å². The molecule has 1 amide bonds. The Labute approximate surface area is 99.4 Å². The van der Waals surface area contributed by atoms with Gasteiger partial charge >= 0.3 is 0 Å². The maximum absolute atomic E-state index is 12.2. The molecule has 90 valence electrons. The molecule has 4 nitrogen and oxygen atoms in total. The Balaban J connectivity index is 2.31. The molecule has 1 aliphatic carbocycles. The Morgan fingerprint density at radius 3 is 2.41 bits per heavy atom. The zero-order chi connectivity index (χ0) is 12.2. The van der Waals surface area contributed by atoms with Crippen LogP contribution in [0.5, 0.6) is 0 Å². The van der Waals surface area contributed by atoms with E-state index in [-0.39, 0.29) is 16.9 Å². The lowest BCUT2D eigenvalue weighted by Crippen LogP contribution is -2.36. The second-order valence-corrected chi connectivity index (χ2v) is 5.20. The molecule has 0 bridgehead atoms. The zero-order valence-corrected chi connectivity index (χ0v) is 10.1. The number of nitrogens with one attached hydrogen (secondary N) is 2. The van der Waals surface area contributed by atoms with Gasteiger partial charge in [-0.05, 0) is 26.7 Å². The van der Waals surface area contributed by atoms with Crippen LogP contribution in [-0.4, -0.2) is 10.9 Å². The molecule has 1 fully saturated rings. The molecular weight excluding hydrogens is 216 g/mol. The first-order valence-electron chi connectivity index (χ1n) is 6.12. The van der Waals surface area contributed by atoms with E-state index in [0.717, 1.165) is 37.1 Å². The van der Waals surface area contributed by atoms with Crippen molar-refractivity contribution in [1.29, 1.82) is 0 Å². The molecule has 1 aromatic heterocycles. The molecule has 0 radical (unpaired) electrons. The Bertz CT molecular complexity index is 566. The van der Waals surface area contributed by atoms with Gasteiger partial charge in [0.2, 0.25) is 0 Å². The summed E-state index contributed by atoms with van der Waals surface area (Å²) in [5.74, 6) is -0.203. The van der Waals surface area contributed by atoms with Crippen molar-refractivity contribution in [2.24, 2.45) is 0 Å². The van der Waals surface area contributed by atoms with E-state index >= 15 is 0 Å². The highest BCUT2D eigenvalue weighted by Crippen LogP contribution is 2.42. The van der Waals surface area contributed by atoms with E-state index < -0.39 is 0 Å². The number of hydrogen-bond acceptors (Lipinski definition) is 2. The fourth-order valence-electron chi connectivity index (χ4n) is 3.09. The highest BCUT2D eigenvalue weighted by molar-refractivity contribution is 5.99. The van der Waals surface area contributed by atoms with Gasteiger partial charge in [0.1, 0.15) is 5.56 Å². The van der Waals surface area contributed by atoms with Gasteiger partial charge in [0.05, 0.1) is 11.2 Å². The van der Waals surface area contributed by atoms with Crippen LogP contribution in [0.25, 0.3) is 0 Å². The molecule has 2 N–H and O–H groups in total. The van der Waals surface area contributed by atoms with Gasteiger partial charge < -0.3 is 10.3 Å². The normalized spacial score (nSPS) is 20.7. The van der Waals surface area contributed by atoms with Gasteiger partial charge in [-0.15, -0.1) is 0 Å². The fourth-order valence-corrected chi connectivity index (χ4v) is 3.09. The van der Waals surface area contributed by atoms with Gasteiger partial charge in [0.15, 0.2) is 5.43 Å². The second kappa shape index (κ2) is 3.22. The number of aromatic nitrogens is 1. The molecular formula is C13H16N2O2. The Hall–Kier alpha value is -1.58. The molecule has 0 atom stereocenters. The van der Waals surface area contributed by atoms with Crippen molar-refractivity contribution in [3.8, 4) is 0 Å². The Morgan fingerprint density at radius 2 is 1.76 bits per heavy atom. The van der Waals surface area contributed by atoms with Gasteiger partial charge in [0.25, 0.3) is 5.91 Å². The summed E-state index contributed by atoms with van der Waals surface area (Å²) in [6.07, 6.45) is 4.08. The molecule has 17 heavy (non-hydrogen) atoms. The number of pyridine rings is 1. The lowest BCUT2D eigenvalue weighted by molar-refractivity contribution is 0.0930. The third-order valence-corrected chi connectivity index (χ3v) is 4.21. The molecule has 1 saturated carbocycles. The Morgan fingerprint density at radius 1 is 1.12 bits per heavy atom. The minimum Gasteiger partial charge on any atom is -0.359 e. The fraction of sp³-hybridized carbons (Fsp3) is 0.538. The molecule has 1 aliphatic heterocycles. The van der Waals surface area contributed by atoms with Crippen molar-refractivity contribution in [2.45, 2.75) is 45.1 Å². The van der Waals surface area contributed by atoms with Crippen molar-refractivity contribution in [2.75, 3.05) is 0 Å². The summed E-state index contributed by atoms with van der Waals surface area (Å²) in [6, 6.07) is 0. The average Bonchev–Trinajstić information content (AvgIpc) is 2.84. The third kappa shape index (κ3) is 1.24. The highest BCUT2D eigenvalue weighted by atomic mass is 16.2. The summed E-state index contributed by atoms with van der Waals surface area (Å²) in [5.41, 5.74) is 2.29. The van der Waals surface area contributed by atoms with Crippen molar-refractivity contribution in [3.05, 3.63) is 32.7 Å². The molecule has 1 spiro atoms. The second-order valence-electron chi connectivity index (χ2n) is 5.20. The molecule has 0 unspecified atom stereocenters. The standard InChI is InChI=1S/C13H16N2O2/c1-7-8(2)14-11-9(10(7)16)12(17)15-13(11)5-3-4-6-13/h3-6H2,1-2H3,(H,14,16)(H,15,17). The topological polar surface area (TPSA) is 62.0 Å². The SMILES string of the molecule is Cc1[nH]c2c(c(=O)c1C)C(=O)NC21CCCC1. The minimum absolute atomic E-state index is 0.113. The molecule has 2 aliphatic rings. The van der Waals surface area contributed by atoms with Crippen molar-refractivity contribution >= 4 is 5.91 Å². The van der Waals surface area contributed by atoms with Crippen molar-refractivity contribution in [3.63, 3.8) is 0 Å². The molecule has 3 rings (SSSR count). The number of fused-ring (bicyclic) bond motifs is 2. The van der Waals surface area contributed by atoms with Crippen LogP contribution in [0.4, 0.5) is 0 Å². The summed E-state index contributed by atoms with van der Waals surface area (Å²) in [4.78, 5) is 27.4. The first-order chi connectivity index (χ1) is 8.05. The lowest BCUT2D eigenvalue weighted by atomic mass is 9.93. The Kier molecular flexibility index (Phi) is 2.00. The van der Waals surface area contributed by atoms with E-state index in [1.54, 1.807) is 6.92 Å². The smallest absolute Gasteiger partial charge is 0.257 e. The zero-order valence-electron chi connectivity index (χ0n) is 10.1. The van der Waals surface area contributed by atoms with Gasteiger partial charge in [-0.3, -0.25) is 9.59 Å². The summed E-state index contributed by atoms with van der Waals surface area (Å²) in [7, 11) is 0. The van der Waals surface area contributed by atoms with E-state index in [9.17, 15) is 9.59 Å². The van der Waals surface area contributed by atoms with Crippen LogP contribution in [0.2, 0.25) is 0 Å². The third-order valence-electron chi connectivity index (χ3n) is 4.21. The van der Waals surface area contributed by atoms with Crippen LogP contribution in [-0.2, 0) is 5.54 Å². The number of aromatic amines is 1. The molecule has 1 aromatic rings. The number of carbonyl (C=O) groups is 1. The van der Waals surface area contributed by atoms with E-state index in [1.165, 1.54) is 0 Å². The van der Waals surface area contributed by atoms with Crippen LogP contribution in [0.3, 0.4) is 0 Å². The summed E-state index contributed by atoms with van der Waals surface area (Å²) in [5, 5.41) is 3.02. The predicted octanol–water partition coefficient (Wildman–Crippen LogP) is 1.50. The van der Waals surface area contributed by atoms with Crippen LogP contribution in [0.15, 0.2) is 4.79 Å². The first kappa shape index (κ1) is 10.6. The number of amides is 1. The average molecular weight is 232 g/mol. The molecule has 0 aromatic carbocycles. The maximum atomic E-state index is 12.2. The van der Waals surface area contributed by atoms with Crippen molar-refractivity contribution in [1.82, 2.24) is 10.3 Å². The monoisotopic (exact) mass is 232 g/mol. The summed E-state index contributed by atoms with van der Waals surface area (Å²) >= 11 is 0. The summed E-state index contributed by atoms with van der Waals surface area (Å²) < 4.78 is 0. The number of aryl methyl sites for hydroxylation is 1. The number of carbonyl (C=O) groups excluding carboxylic acids is 1. The van der Waals surface area contributed by atoms with Crippen LogP contribution in [0.1, 0.15) is 53.0 Å². The molecule has 4 heteroatoms. The maximum Gasteiger partial charge on any atom is 0.257 e. The van der Waals surface area contributed by atoms with E-state index in [1.807, 2.05) is 6.92 Å².